The molecule has 1 amide bonds. The van der Waals surface area contributed by atoms with Crippen molar-refractivity contribution >= 4 is 15.9 Å². The Hall–Kier alpha value is -0.660. The Morgan fingerprint density at radius 2 is 1.68 bits per heavy atom. The Morgan fingerprint density at radius 3 is 2.14 bits per heavy atom. The highest BCUT2D eigenvalue weighted by molar-refractivity contribution is 7.88. The van der Waals surface area contributed by atoms with Gasteiger partial charge >= 0.3 is 0 Å². The van der Waals surface area contributed by atoms with Crippen molar-refractivity contribution in [2.24, 2.45) is 0 Å². The van der Waals surface area contributed by atoms with Crippen LogP contribution in [0.2, 0.25) is 0 Å². The zero-order valence-electron chi connectivity index (χ0n) is 14.3. The van der Waals surface area contributed by atoms with E-state index >= 15 is 0 Å². The van der Waals surface area contributed by atoms with Crippen LogP contribution >= 0.6 is 0 Å². The van der Waals surface area contributed by atoms with Crippen LogP contribution < -0.4 is 4.72 Å². The van der Waals surface area contributed by atoms with Crippen molar-refractivity contribution in [2.45, 2.75) is 58.5 Å². The Kier molecular flexibility index (Phi) is 7.79. The molecule has 0 aromatic heterocycles. The maximum Gasteiger partial charge on any atom is 0.240 e. The number of amides is 1. The molecule has 7 heteroatoms. The molecule has 0 unspecified atom stereocenters. The van der Waals surface area contributed by atoms with Gasteiger partial charge in [-0.25, -0.2) is 13.1 Å². The number of hydrogen-bond acceptors (Lipinski definition) is 4. The first kappa shape index (κ1) is 19.4. The fourth-order valence-electron chi connectivity index (χ4n) is 2.85. The van der Waals surface area contributed by atoms with E-state index in [2.05, 4.69) is 9.62 Å². The highest BCUT2D eigenvalue weighted by atomic mass is 32.2. The molecular weight excluding hydrogens is 302 g/mol. The minimum atomic E-state index is -3.38. The van der Waals surface area contributed by atoms with E-state index in [1.807, 2.05) is 13.8 Å². The van der Waals surface area contributed by atoms with Crippen LogP contribution in [0, 0.1) is 0 Å². The molecule has 0 aromatic rings. The molecule has 6 nitrogen and oxygen atoms in total. The van der Waals surface area contributed by atoms with Gasteiger partial charge in [-0.1, -0.05) is 12.8 Å². The molecule has 0 saturated carbocycles. The minimum absolute atomic E-state index is 0.0586. The Bertz CT molecular complexity index is 443. The second kappa shape index (κ2) is 8.84. The number of carbonyl (C=O) groups is 1. The summed E-state index contributed by atoms with van der Waals surface area (Å²) < 4.78 is 25.0. The van der Waals surface area contributed by atoms with Crippen LogP contribution in [0.4, 0.5) is 0 Å². The van der Waals surface area contributed by atoms with E-state index in [4.69, 9.17) is 0 Å². The van der Waals surface area contributed by atoms with Crippen molar-refractivity contribution in [3.8, 4) is 0 Å². The summed E-state index contributed by atoms with van der Waals surface area (Å²) in [5, 5.41) is 0. The molecule has 0 aromatic carbocycles. The number of likely N-dealkylation sites (tertiary alicyclic amines) is 1. The third-order valence-electron chi connectivity index (χ3n) is 4.02. The van der Waals surface area contributed by atoms with Gasteiger partial charge in [-0.2, -0.15) is 0 Å². The molecular formula is C15H31N3O3S. The molecule has 0 spiro atoms. The van der Waals surface area contributed by atoms with E-state index in [0.29, 0.717) is 6.54 Å². The first-order valence-electron chi connectivity index (χ1n) is 8.21. The van der Waals surface area contributed by atoms with Crippen LogP contribution in [-0.4, -0.2) is 68.6 Å². The number of sulfonamides is 1. The largest absolute Gasteiger partial charge is 0.338 e. The Morgan fingerprint density at radius 1 is 1.14 bits per heavy atom. The second-order valence-electron chi connectivity index (χ2n) is 6.49. The molecule has 1 N–H and O–H groups in total. The first-order valence-corrected chi connectivity index (χ1v) is 10.1. The van der Waals surface area contributed by atoms with Crippen molar-refractivity contribution in [1.29, 1.82) is 0 Å². The number of nitrogens with zero attached hydrogens (tertiary/aromatic N) is 2. The van der Waals surface area contributed by atoms with Crippen molar-refractivity contribution in [1.82, 2.24) is 14.5 Å². The van der Waals surface area contributed by atoms with Gasteiger partial charge in [0.25, 0.3) is 0 Å². The summed E-state index contributed by atoms with van der Waals surface area (Å²) in [7, 11) is -3.38. The molecule has 0 aliphatic carbocycles. The normalized spacial score (nSPS) is 19.0. The third kappa shape index (κ3) is 7.07. The summed E-state index contributed by atoms with van der Waals surface area (Å²) in [6, 6.07) is -0.662. The Labute approximate surface area is 135 Å². The predicted octanol–water partition coefficient (Wildman–Crippen LogP) is 1.04. The summed E-state index contributed by atoms with van der Waals surface area (Å²) in [5.41, 5.74) is 0. The molecule has 1 heterocycles. The fourth-order valence-corrected chi connectivity index (χ4v) is 3.60. The van der Waals surface area contributed by atoms with Gasteiger partial charge in [0.05, 0.1) is 12.3 Å². The molecule has 1 saturated heterocycles. The lowest BCUT2D eigenvalue weighted by Crippen LogP contribution is -2.51. The van der Waals surface area contributed by atoms with Crippen LogP contribution in [0.1, 0.15) is 46.5 Å². The van der Waals surface area contributed by atoms with E-state index < -0.39 is 16.1 Å². The van der Waals surface area contributed by atoms with Gasteiger partial charge in [-0.3, -0.25) is 4.79 Å². The first-order chi connectivity index (χ1) is 10.2. The number of carbonyl (C=O) groups excluding carboxylic acids is 1. The zero-order chi connectivity index (χ0) is 16.8. The molecule has 0 bridgehead atoms. The van der Waals surface area contributed by atoms with Crippen molar-refractivity contribution in [3.05, 3.63) is 0 Å². The lowest BCUT2D eigenvalue weighted by atomic mass is 10.2. The fraction of sp³-hybridized carbons (Fsp3) is 0.933. The van der Waals surface area contributed by atoms with Crippen LogP contribution in [0.25, 0.3) is 0 Å². The number of nitrogens with one attached hydrogen (secondary N) is 1. The standard InChI is InChI=1S/C15H31N3O3S/c1-13(2)18(15(19)14(3)16-22(4,20)21)12-11-17-9-7-5-6-8-10-17/h13-14,16H,5-12H2,1-4H3/t14-/m0/s1. The predicted molar refractivity (Wildman–Crippen MR) is 89.2 cm³/mol. The van der Waals surface area contributed by atoms with E-state index in [9.17, 15) is 13.2 Å². The van der Waals surface area contributed by atoms with Crippen LogP contribution in [0.5, 0.6) is 0 Å². The summed E-state index contributed by atoms with van der Waals surface area (Å²) in [4.78, 5) is 16.7. The van der Waals surface area contributed by atoms with Gasteiger partial charge in [0.2, 0.25) is 15.9 Å². The van der Waals surface area contributed by atoms with E-state index in [-0.39, 0.29) is 11.9 Å². The van der Waals surface area contributed by atoms with Gasteiger partial charge in [-0.05, 0) is 46.7 Å². The maximum absolute atomic E-state index is 12.5. The monoisotopic (exact) mass is 333 g/mol. The van der Waals surface area contributed by atoms with Crippen LogP contribution in [0.3, 0.4) is 0 Å². The van der Waals surface area contributed by atoms with Crippen molar-refractivity contribution in [2.75, 3.05) is 32.4 Å². The number of rotatable bonds is 7. The molecule has 130 valence electrons. The average molecular weight is 333 g/mol. The van der Waals surface area contributed by atoms with E-state index in [0.717, 1.165) is 25.9 Å². The van der Waals surface area contributed by atoms with E-state index in [1.165, 1.54) is 25.7 Å². The summed E-state index contributed by atoms with van der Waals surface area (Å²) in [6.45, 7) is 9.22. The molecule has 1 aliphatic heterocycles. The highest BCUT2D eigenvalue weighted by Gasteiger charge is 2.25. The molecule has 1 fully saturated rings. The molecule has 1 aliphatic rings. The number of hydrogen-bond donors (Lipinski definition) is 1. The molecule has 0 radical (unpaired) electrons. The van der Waals surface area contributed by atoms with Crippen molar-refractivity contribution in [3.63, 3.8) is 0 Å². The lowest BCUT2D eigenvalue weighted by molar-refractivity contribution is -0.134. The average Bonchev–Trinajstić information content (AvgIpc) is 2.65. The minimum Gasteiger partial charge on any atom is -0.338 e. The highest BCUT2D eigenvalue weighted by Crippen LogP contribution is 2.10. The second-order valence-corrected chi connectivity index (χ2v) is 8.27. The SMILES string of the molecule is CC(C)N(CCN1CCCCCC1)C(=O)[C@H](C)NS(C)(=O)=O. The molecule has 1 atom stereocenters. The van der Waals surface area contributed by atoms with Crippen LogP contribution in [0.15, 0.2) is 0 Å². The van der Waals surface area contributed by atoms with Gasteiger partial charge in [0.1, 0.15) is 0 Å². The third-order valence-corrected chi connectivity index (χ3v) is 4.81. The zero-order valence-corrected chi connectivity index (χ0v) is 15.2. The lowest BCUT2D eigenvalue weighted by Gasteiger charge is -2.32. The van der Waals surface area contributed by atoms with Gasteiger partial charge in [0.15, 0.2) is 0 Å². The quantitative estimate of drug-likeness (QED) is 0.756. The van der Waals surface area contributed by atoms with E-state index in [1.54, 1.807) is 11.8 Å². The summed E-state index contributed by atoms with van der Waals surface area (Å²) >= 11 is 0. The summed E-state index contributed by atoms with van der Waals surface area (Å²) in [6.07, 6.45) is 6.11. The van der Waals surface area contributed by atoms with Crippen LogP contribution in [-0.2, 0) is 14.8 Å². The topological polar surface area (TPSA) is 69.7 Å². The maximum atomic E-state index is 12.5. The van der Waals surface area contributed by atoms with Gasteiger partial charge in [-0.15, -0.1) is 0 Å². The van der Waals surface area contributed by atoms with Gasteiger partial charge < -0.3 is 9.80 Å². The summed E-state index contributed by atoms with van der Waals surface area (Å²) in [5.74, 6) is -0.157. The smallest absolute Gasteiger partial charge is 0.240 e. The van der Waals surface area contributed by atoms with Gasteiger partial charge in [0, 0.05) is 19.1 Å². The molecule has 1 rings (SSSR count). The Balaban J connectivity index is 2.58. The van der Waals surface area contributed by atoms with Crippen molar-refractivity contribution < 1.29 is 13.2 Å². The molecule has 22 heavy (non-hydrogen) atoms.